The van der Waals surface area contributed by atoms with E-state index >= 15 is 0 Å². The van der Waals surface area contributed by atoms with E-state index in [1.54, 1.807) is 4.90 Å². The van der Waals surface area contributed by atoms with Crippen molar-refractivity contribution in [1.82, 2.24) is 13.5 Å². The predicted molar refractivity (Wildman–Crippen MR) is 99.7 cm³/mol. The van der Waals surface area contributed by atoms with Gasteiger partial charge in [0.25, 0.3) is 10.2 Å². The van der Waals surface area contributed by atoms with Crippen LogP contribution in [0, 0.1) is 6.92 Å². The lowest BCUT2D eigenvalue weighted by atomic mass is 9.96. The third-order valence-electron chi connectivity index (χ3n) is 4.76. The minimum atomic E-state index is -3.40. The number of aryl methyl sites for hydroxylation is 1. The van der Waals surface area contributed by atoms with Crippen molar-refractivity contribution in [2.45, 2.75) is 33.1 Å². The van der Waals surface area contributed by atoms with Crippen molar-refractivity contribution < 1.29 is 13.2 Å². The maximum atomic E-state index is 12.6. The lowest BCUT2D eigenvalue weighted by Crippen LogP contribution is -2.53. The van der Waals surface area contributed by atoms with Crippen molar-refractivity contribution >= 4 is 16.1 Å². The molecule has 0 aromatic heterocycles. The molecule has 1 fully saturated rings. The van der Waals surface area contributed by atoms with Gasteiger partial charge in [0.05, 0.1) is 6.42 Å². The van der Waals surface area contributed by atoms with Gasteiger partial charge in [-0.2, -0.15) is 17.0 Å². The van der Waals surface area contributed by atoms with Crippen molar-refractivity contribution in [2.75, 3.05) is 40.3 Å². The number of rotatable bonds is 5. The van der Waals surface area contributed by atoms with Crippen LogP contribution in [0.15, 0.2) is 18.2 Å². The molecule has 2 rings (SSSR count). The lowest BCUT2D eigenvalue weighted by Gasteiger charge is -2.35. The van der Waals surface area contributed by atoms with Crippen LogP contribution >= 0.6 is 0 Å². The highest BCUT2D eigenvalue weighted by molar-refractivity contribution is 7.86. The van der Waals surface area contributed by atoms with E-state index in [0.29, 0.717) is 38.5 Å². The van der Waals surface area contributed by atoms with Crippen molar-refractivity contribution in [3.63, 3.8) is 0 Å². The Labute approximate surface area is 151 Å². The van der Waals surface area contributed by atoms with Crippen LogP contribution in [0.25, 0.3) is 0 Å². The van der Waals surface area contributed by atoms with E-state index < -0.39 is 10.2 Å². The average molecular weight is 368 g/mol. The summed E-state index contributed by atoms with van der Waals surface area (Å²) in [7, 11) is -0.351. The molecule has 1 amide bonds. The molecule has 6 nitrogen and oxygen atoms in total. The number of amides is 1. The first-order valence-corrected chi connectivity index (χ1v) is 10.1. The largest absolute Gasteiger partial charge is 0.340 e. The average Bonchev–Trinajstić information content (AvgIpc) is 2.56. The number of carbonyl (C=O) groups excluding carboxylic acids is 1. The summed E-state index contributed by atoms with van der Waals surface area (Å²) in [5.41, 5.74) is 3.40. The zero-order valence-corrected chi connectivity index (χ0v) is 16.6. The topological polar surface area (TPSA) is 60.9 Å². The molecule has 0 radical (unpaired) electrons. The summed E-state index contributed by atoms with van der Waals surface area (Å²) in [5.74, 6) is 0.486. The van der Waals surface area contributed by atoms with E-state index in [1.165, 1.54) is 28.3 Å². The van der Waals surface area contributed by atoms with E-state index in [1.807, 2.05) is 6.92 Å². The van der Waals surface area contributed by atoms with Crippen LogP contribution in [0.5, 0.6) is 0 Å². The van der Waals surface area contributed by atoms with Crippen LogP contribution in [0.1, 0.15) is 36.5 Å². The van der Waals surface area contributed by atoms with Gasteiger partial charge >= 0.3 is 0 Å². The summed E-state index contributed by atoms with van der Waals surface area (Å²) in [6.45, 7) is 7.87. The summed E-state index contributed by atoms with van der Waals surface area (Å²) in [4.78, 5) is 14.4. The van der Waals surface area contributed by atoms with Gasteiger partial charge in [0.1, 0.15) is 0 Å². The minimum absolute atomic E-state index is 0.0610. The highest BCUT2D eigenvalue weighted by Gasteiger charge is 2.30. The molecule has 0 saturated carbocycles. The minimum Gasteiger partial charge on any atom is -0.340 e. The number of carbonyl (C=O) groups is 1. The van der Waals surface area contributed by atoms with Crippen molar-refractivity contribution in [3.05, 3.63) is 34.9 Å². The molecule has 1 aromatic carbocycles. The van der Waals surface area contributed by atoms with Gasteiger partial charge in [-0.3, -0.25) is 4.79 Å². The molecule has 140 valence electrons. The summed E-state index contributed by atoms with van der Waals surface area (Å²) >= 11 is 0. The number of nitrogens with zero attached hydrogens (tertiary/aromatic N) is 3. The number of piperazine rings is 1. The standard InChI is InChI=1S/C18H29N3O3S/c1-14(2)16-7-6-15(3)17(12-16)13-18(22)20-8-10-21(11-9-20)25(23,24)19(4)5/h6-7,12,14H,8-11,13H2,1-5H3. The molecule has 0 bridgehead atoms. The Morgan fingerprint density at radius 2 is 1.76 bits per heavy atom. The van der Waals surface area contributed by atoms with Crippen LogP contribution in [0.3, 0.4) is 0 Å². The predicted octanol–water partition coefficient (Wildman–Crippen LogP) is 1.61. The SMILES string of the molecule is Cc1ccc(C(C)C)cc1CC(=O)N1CCN(S(=O)(=O)N(C)C)CC1. The second-order valence-corrected chi connectivity index (χ2v) is 9.23. The quantitative estimate of drug-likeness (QED) is 0.794. The maximum absolute atomic E-state index is 12.6. The molecule has 1 aromatic rings. The Morgan fingerprint density at radius 3 is 2.28 bits per heavy atom. The summed E-state index contributed by atoms with van der Waals surface area (Å²) in [6.07, 6.45) is 0.368. The first kappa shape index (κ1) is 19.9. The molecule has 7 heteroatoms. The number of benzene rings is 1. The van der Waals surface area contributed by atoms with Crippen LogP contribution in [-0.2, 0) is 21.4 Å². The molecule has 0 atom stereocenters. The van der Waals surface area contributed by atoms with Crippen molar-refractivity contribution in [1.29, 1.82) is 0 Å². The highest BCUT2D eigenvalue weighted by atomic mass is 32.2. The smallest absolute Gasteiger partial charge is 0.281 e. The first-order chi connectivity index (χ1) is 11.6. The van der Waals surface area contributed by atoms with Gasteiger partial charge in [-0.1, -0.05) is 32.0 Å². The normalized spacial score (nSPS) is 16.7. The number of hydrogen-bond acceptors (Lipinski definition) is 3. The monoisotopic (exact) mass is 367 g/mol. The van der Waals surface area contributed by atoms with Gasteiger partial charge in [0, 0.05) is 40.3 Å². The molecule has 1 saturated heterocycles. The van der Waals surface area contributed by atoms with Gasteiger partial charge in [-0.25, -0.2) is 0 Å². The van der Waals surface area contributed by atoms with Crippen LogP contribution in [-0.4, -0.2) is 68.1 Å². The highest BCUT2D eigenvalue weighted by Crippen LogP contribution is 2.20. The molecule has 0 N–H and O–H groups in total. The fraction of sp³-hybridized carbons (Fsp3) is 0.611. The van der Waals surface area contributed by atoms with Gasteiger partial charge < -0.3 is 4.90 Å². The fourth-order valence-electron chi connectivity index (χ4n) is 2.91. The zero-order valence-electron chi connectivity index (χ0n) is 15.8. The van der Waals surface area contributed by atoms with E-state index in [4.69, 9.17) is 0 Å². The maximum Gasteiger partial charge on any atom is 0.281 e. The van der Waals surface area contributed by atoms with E-state index in [-0.39, 0.29) is 5.91 Å². The van der Waals surface area contributed by atoms with Crippen LogP contribution in [0.4, 0.5) is 0 Å². The number of hydrogen-bond donors (Lipinski definition) is 0. The first-order valence-electron chi connectivity index (χ1n) is 8.67. The third-order valence-corrected chi connectivity index (χ3v) is 6.70. The Kier molecular flexibility index (Phi) is 6.24. The van der Waals surface area contributed by atoms with Gasteiger partial charge in [0.2, 0.25) is 5.91 Å². The fourth-order valence-corrected chi connectivity index (χ4v) is 4.00. The van der Waals surface area contributed by atoms with Crippen LogP contribution in [0.2, 0.25) is 0 Å². The molecule has 1 aliphatic heterocycles. The Bertz CT molecular complexity index is 721. The molecule has 0 aliphatic carbocycles. The van der Waals surface area contributed by atoms with E-state index in [2.05, 4.69) is 32.0 Å². The van der Waals surface area contributed by atoms with Crippen LogP contribution < -0.4 is 0 Å². The van der Waals surface area contributed by atoms with E-state index in [0.717, 1.165) is 11.1 Å². The molecule has 25 heavy (non-hydrogen) atoms. The van der Waals surface area contributed by atoms with Crippen molar-refractivity contribution in [2.24, 2.45) is 0 Å². The Morgan fingerprint density at radius 1 is 1.16 bits per heavy atom. The second kappa shape index (κ2) is 7.85. The van der Waals surface area contributed by atoms with Gasteiger partial charge in [0.15, 0.2) is 0 Å². The summed E-state index contributed by atoms with van der Waals surface area (Å²) in [5, 5.41) is 0. The molecular weight excluding hydrogens is 338 g/mol. The summed E-state index contributed by atoms with van der Waals surface area (Å²) in [6, 6.07) is 6.29. The van der Waals surface area contributed by atoms with Gasteiger partial charge in [-0.15, -0.1) is 0 Å². The Hall–Kier alpha value is -1.44. The molecule has 0 unspecified atom stereocenters. The molecular formula is C18H29N3O3S. The van der Waals surface area contributed by atoms with Gasteiger partial charge in [-0.05, 0) is 29.5 Å². The third kappa shape index (κ3) is 4.59. The molecule has 1 aliphatic rings. The molecule has 0 spiro atoms. The summed E-state index contributed by atoms with van der Waals surface area (Å²) < 4.78 is 26.9. The van der Waals surface area contributed by atoms with E-state index in [9.17, 15) is 13.2 Å². The zero-order chi connectivity index (χ0) is 18.8. The second-order valence-electron chi connectivity index (χ2n) is 7.09. The van der Waals surface area contributed by atoms with Crippen molar-refractivity contribution in [3.8, 4) is 0 Å². The lowest BCUT2D eigenvalue weighted by molar-refractivity contribution is -0.131. The Balaban J connectivity index is 2.01. The molecule has 1 heterocycles.